The molecule has 1 fully saturated rings. The van der Waals surface area contributed by atoms with Crippen LogP contribution in [0.5, 0.6) is 0 Å². The zero-order chi connectivity index (χ0) is 14.0. The molecule has 0 radical (unpaired) electrons. The normalized spacial score (nSPS) is 20.4. The molecule has 0 saturated carbocycles. The number of rotatable bonds is 2. The van der Waals surface area contributed by atoms with Crippen molar-refractivity contribution in [2.24, 2.45) is 11.7 Å². The first kappa shape index (κ1) is 14.0. The lowest BCUT2D eigenvalue weighted by Crippen LogP contribution is -2.42. The maximum absolute atomic E-state index is 12.8. The molecule has 1 aromatic heterocycles. The van der Waals surface area contributed by atoms with Gasteiger partial charge in [0.05, 0.1) is 11.6 Å². The molecule has 0 bridgehead atoms. The Kier molecular flexibility index (Phi) is 3.93. The quantitative estimate of drug-likeness (QED) is 0.849. The molecule has 0 amide bonds. The summed E-state index contributed by atoms with van der Waals surface area (Å²) in [5.41, 5.74) is 6.54. The van der Waals surface area contributed by atoms with Crippen LogP contribution in [0.2, 0.25) is 0 Å². The standard InChI is InChI=1S/C12H14F3N3S/c13-12(14,15)8-3-2-6-18(7-8)9-4-1-5-17-10(9)11(16)19/h1,4-5,8H,2-3,6-7H2,(H2,16,19). The molecule has 104 valence electrons. The summed E-state index contributed by atoms with van der Waals surface area (Å²) in [6.45, 7) is 0.499. The molecule has 1 aliphatic rings. The average Bonchev–Trinajstić information content (AvgIpc) is 2.38. The van der Waals surface area contributed by atoms with Gasteiger partial charge in [-0.05, 0) is 25.0 Å². The van der Waals surface area contributed by atoms with Crippen molar-refractivity contribution in [1.82, 2.24) is 4.98 Å². The largest absolute Gasteiger partial charge is 0.393 e. The van der Waals surface area contributed by atoms with Gasteiger partial charge in [-0.25, -0.2) is 0 Å². The van der Waals surface area contributed by atoms with Crippen molar-refractivity contribution in [3.8, 4) is 0 Å². The summed E-state index contributed by atoms with van der Waals surface area (Å²) < 4.78 is 38.4. The van der Waals surface area contributed by atoms with Crippen molar-refractivity contribution in [3.05, 3.63) is 24.0 Å². The van der Waals surface area contributed by atoms with Gasteiger partial charge in [-0.3, -0.25) is 4.98 Å². The number of halogens is 3. The molecule has 2 heterocycles. The van der Waals surface area contributed by atoms with Crippen LogP contribution >= 0.6 is 12.2 Å². The van der Waals surface area contributed by atoms with Gasteiger partial charge in [0.25, 0.3) is 0 Å². The average molecular weight is 289 g/mol. The monoisotopic (exact) mass is 289 g/mol. The Balaban J connectivity index is 2.25. The Morgan fingerprint density at radius 3 is 2.84 bits per heavy atom. The van der Waals surface area contributed by atoms with E-state index in [0.29, 0.717) is 24.3 Å². The number of hydrogen-bond acceptors (Lipinski definition) is 3. The van der Waals surface area contributed by atoms with Crippen LogP contribution in [0.4, 0.5) is 18.9 Å². The Hall–Kier alpha value is -1.37. The number of anilines is 1. The molecule has 0 aromatic carbocycles. The topological polar surface area (TPSA) is 42.1 Å². The zero-order valence-electron chi connectivity index (χ0n) is 10.2. The van der Waals surface area contributed by atoms with Gasteiger partial charge in [0, 0.05) is 19.3 Å². The molecular weight excluding hydrogens is 275 g/mol. The van der Waals surface area contributed by atoms with Crippen LogP contribution in [0, 0.1) is 5.92 Å². The van der Waals surface area contributed by atoms with E-state index in [1.54, 1.807) is 17.0 Å². The molecular formula is C12H14F3N3S. The maximum atomic E-state index is 12.8. The summed E-state index contributed by atoms with van der Waals surface area (Å²) in [7, 11) is 0. The lowest BCUT2D eigenvalue weighted by molar-refractivity contribution is -0.175. The fourth-order valence-corrected chi connectivity index (χ4v) is 2.46. The summed E-state index contributed by atoms with van der Waals surface area (Å²) in [4.78, 5) is 5.82. The lowest BCUT2D eigenvalue weighted by atomic mass is 9.97. The van der Waals surface area contributed by atoms with Gasteiger partial charge in [-0.2, -0.15) is 13.2 Å². The van der Waals surface area contributed by atoms with E-state index in [4.69, 9.17) is 18.0 Å². The zero-order valence-corrected chi connectivity index (χ0v) is 11.0. The highest BCUT2D eigenvalue weighted by atomic mass is 32.1. The predicted molar refractivity (Wildman–Crippen MR) is 71.1 cm³/mol. The van der Waals surface area contributed by atoms with Crippen LogP contribution in [0.3, 0.4) is 0 Å². The Bertz CT molecular complexity index is 476. The number of hydrogen-bond donors (Lipinski definition) is 1. The first-order chi connectivity index (χ1) is 8.89. The first-order valence-corrected chi connectivity index (χ1v) is 6.37. The first-order valence-electron chi connectivity index (χ1n) is 5.96. The minimum absolute atomic E-state index is 0.0647. The molecule has 1 atom stereocenters. The molecule has 1 unspecified atom stereocenters. The van der Waals surface area contributed by atoms with Crippen LogP contribution in [0.1, 0.15) is 18.5 Å². The minimum atomic E-state index is -4.16. The van der Waals surface area contributed by atoms with E-state index >= 15 is 0 Å². The van der Waals surface area contributed by atoms with Gasteiger partial charge < -0.3 is 10.6 Å². The van der Waals surface area contributed by atoms with Gasteiger partial charge in [-0.15, -0.1) is 0 Å². The molecule has 2 rings (SSSR count). The second kappa shape index (κ2) is 5.32. The number of thiocarbonyl (C=S) groups is 1. The van der Waals surface area contributed by atoms with Gasteiger partial charge in [0.2, 0.25) is 0 Å². The Labute approximate surface area is 114 Å². The summed E-state index contributed by atoms with van der Waals surface area (Å²) >= 11 is 4.89. The molecule has 1 saturated heterocycles. The summed E-state index contributed by atoms with van der Waals surface area (Å²) in [6, 6.07) is 3.38. The van der Waals surface area contributed by atoms with Crippen molar-refractivity contribution in [3.63, 3.8) is 0 Å². The second-order valence-electron chi connectivity index (χ2n) is 4.56. The second-order valence-corrected chi connectivity index (χ2v) is 5.00. The van der Waals surface area contributed by atoms with Crippen LogP contribution in [-0.4, -0.2) is 29.2 Å². The fraction of sp³-hybridized carbons (Fsp3) is 0.500. The Morgan fingerprint density at radius 2 is 2.21 bits per heavy atom. The fourth-order valence-electron chi connectivity index (χ4n) is 2.30. The molecule has 1 aliphatic heterocycles. The Morgan fingerprint density at radius 1 is 1.47 bits per heavy atom. The molecule has 0 spiro atoms. The van der Waals surface area contributed by atoms with Crippen LogP contribution in [0.25, 0.3) is 0 Å². The third-order valence-electron chi connectivity index (χ3n) is 3.24. The van der Waals surface area contributed by atoms with E-state index in [1.165, 1.54) is 6.20 Å². The number of nitrogens with zero attached hydrogens (tertiary/aromatic N) is 2. The van der Waals surface area contributed by atoms with Crippen molar-refractivity contribution < 1.29 is 13.2 Å². The lowest BCUT2D eigenvalue weighted by Gasteiger charge is -2.35. The van der Waals surface area contributed by atoms with Crippen molar-refractivity contribution in [2.45, 2.75) is 19.0 Å². The van der Waals surface area contributed by atoms with E-state index in [1.807, 2.05) is 0 Å². The van der Waals surface area contributed by atoms with E-state index in [0.717, 1.165) is 0 Å². The molecule has 0 aliphatic carbocycles. The predicted octanol–water partition coefficient (Wildman–Crippen LogP) is 2.49. The van der Waals surface area contributed by atoms with E-state index < -0.39 is 12.1 Å². The molecule has 3 nitrogen and oxygen atoms in total. The van der Waals surface area contributed by atoms with Gasteiger partial charge >= 0.3 is 6.18 Å². The van der Waals surface area contributed by atoms with E-state index in [9.17, 15) is 13.2 Å². The maximum Gasteiger partial charge on any atom is 0.393 e. The van der Waals surface area contributed by atoms with Crippen LogP contribution < -0.4 is 10.6 Å². The number of pyridine rings is 1. The number of nitrogens with two attached hydrogens (primary N) is 1. The summed E-state index contributed by atoms with van der Waals surface area (Å²) in [5, 5.41) is 0. The van der Waals surface area contributed by atoms with E-state index in [2.05, 4.69) is 4.98 Å². The smallest absolute Gasteiger partial charge is 0.388 e. The highest BCUT2D eigenvalue weighted by molar-refractivity contribution is 7.80. The number of piperidine rings is 1. The highest BCUT2D eigenvalue weighted by Crippen LogP contribution is 2.35. The summed E-state index contributed by atoms with van der Waals surface area (Å²) in [6.07, 6.45) is -1.97. The van der Waals surface area contributed by atoms with E-state index in [-0.39, 0.29) is 18.0 Å². The van der Waals surface area contributed by atoms with Gasteiger partial charge in [0.1, 0.15) is 10.7 Å². The van der Waals surface area contributed by atoms with Crippen molar-refractivity contribution in [1.29, 1.82) is 0 Å². The van der Waals surface area contributed by atoms with Gasteiger partial charge in [0.15, 0.2) is 0 Å². The van der Waals surface area contributed by atoms with Crippen LogP contribution in [-0.2, 0) is 0 Å². The highest BCUT2D eigenvalue weighted by Gasteiger charge is 2.42. The van der Waals surface area contributed by atoms with Crippen LogP contribution in [0.15, 0.2) is 18.3 Å². The van der Waals surface area contributed by atoms with Crippen molar-refractivity contribution >= 4 is 22.9 Å². The number of alkyl halides is 3. The molecule has 19 heavy (non-hydrogen) atoms. The van der Waals surface area contributed by atoms with Gasteiger partial charge in [-0.1, -0.05) is 12.2 Å². The summed E-state index contributed by atoms with van der Waals surface area (Å²) in [5.74, 6) is -1.30. The molecule has 7 heteroatoms. The molecule has 2 N–H and O–H groups in total. The SMILES string of the molecule is NC(=S)c1ncccc1N1CCCC(C(F)(F)F)C1. The third-order valence-corrected chi connectivity index (χ3v) is 3.44. The minimum Gasteiger partial charge on any atom is -0.388 e. The van der Waals surface area contributed by atoms with Crippen molar-refractivity contribution in [2.75, 3.05) is 18.0 Å². The molecule has 1 aromatic rings. The number of aromatic nitrogens is 1. The third kappa shape index (κ3) is 3.15.